The average Bonchev–Trinajstić information content (AvgIpc) is 4.15. The molecule has 2 aromatic heterocycles. The van der Waals surface area contributed by atoms with Gasteiger partial charge in [0.05, 0.1) is 37.2 Å². The van der Waals surface area contributed by atoms with Crippen LogP contribution in [0.15, 0.2) is 132 Å². The number of hydrogen-bond acceptors (Lipinski definition) is 4. The molecule has 2 amide bonds. The minimum Gasteiger partial charge on any atom is -0.306 e. The molecule has 0 N–H and O–H groups in total. The molecule has 0 saturated carbocycles. The second-order valence-corrected chi connectivity index (χ2v) is 19.7. The van der Waals surface area contributed by atoms with Crippen molar-refractivity contribution in [1.29, 1.82) is 0 Å². The molecule has 320 valence electrons. The molecule has 0 saturated heterocycles. The molecule has 0 aliphatic carbocycles. The Morgan fingerprint density at radius 2 is 1.02 bits per heavy atom. The van der Waals surface area contributed by atoms with Gasteiger partial charge in [0.25, 0.3) is 11.8 Å². The van der Waals surface area contributed by atoms with E-state index in [1.54, 1.807) is 22.7 Å². The summed E-state index contributed by atoms with van der Waals surface area (Å²) in [5.41, 5.74) is 3.65. The van der Waals surface area contributed by atoms with E-state index >= 15 is 0 Å². The summed E-state index contributed by atoms with van der Waals surface area (Å²) in [5, 5.41) is 14.5. The predicted octanol–water partition coefficient (Wildman–Crippen LogP) is 15.2. The number of benzene rings is 6. The molecule has 2 aliphatic rings. The molecule has 4 nitrogen and oxygen atoms in total. The highest BCUT2D eigenvalue weighted by Crippen LogP contribution is 2.49. The van der Waals surface area contributed by atoms with E-state index in [1.807, 2.05) is 21.2 Å². The highest BCUT2D eigenvalue weighted by molar-refractivity contribution is 7.13. The lowest BCUT2D eigenvalue weighted by Crippen LogP contribution is -2.34. The van der Waals surface area contributed by atoms with Crippen LogP contribution in [0.4, 0.5) is 0 Å². The molecular formula is C58H54N2O2S2. The van der Waals surface area contributed by atoms with Gasteiger partial charge in [0.1, 0.15) is 0 Å². The van der Waals surface area contributed by atoms with Gasteiger partial charge in [-0.05, 0) is 114 Å². The van der Waals surface area contributed by atoms with Crippen molar-refractivity contribution < 1.29 is 9.59 Å². The molecule has 0 fully saturated rings. The van der Waals surface area contributed by atoms with Crippen molar-refractivity contribution in [2.75, 3.05) is 13.1 Å². The lowest BCUT2D eigenvalue weighted by atomic mass is 9.87. The van der Waals surface area contributed by atoms with Crippen molar-refractivity contribution in [2.24, 2.45) is 11.8 Å². The lowest BCUT2D eigenvalue weighted by molar-refractivity contribution is -0.124. The summed E-state index contributed by atoms with van der Waals surface area (Å²) >= 11 is 3.19. The topological polar surface area (TPSA) is 40.6 Å². The van der Waals surface area contributed by atoms with Gasteiger partial charge < -0.3 is 9.80 Å². The summed E-state index contributed by atoms with van der Waals surface area (Å²) in [4.78, 5) is 36.7. The van der Waals surface area contributed by atoms with Crippen LogP contribution in [0.3, 0.4) is 0 Å². The monoisotopic (exact) mass is 874 g/mol. The maximum Gasteiger partial charge on any atom is 0.261 e. The minimum absolute atomic E-state index is 0.0430. The van der Waals surface area contributed by atoms with E-state index in [9.17, 15) is 9.59 Å². The van der Waals surface area contributed by atoms with Crippen LogP contribution in [0.2, 0.25) is 0 Å². The fourth-order valence-corrected chi connectivity index (χ4v) is 12.1. The number of nitrogens with zero attached hydrogens (tertiary/aromatic N) is 2. The molecule has 0 radical (unpaired) electrons. The highest BCUT2D eigenvalue weighted by Gasteiger charge is 2.50. The number of thiophene rings is 2. The zero-order valence-corrected chi connectivity index (χ0v) is 38.9. The quantitative estimate of drug-likeness (QED) is 0.0807. The van der Waals surface area contributed by atoms with Crippen LogP contribution in [-0.4, -0.2) is 34.7 Å². The maximum absolute atomic E-state index is 15.0. The van der Waals surface area contributed by atoms with Gasteiger partial charge in [-0.15, -0.1) is 22.7 Å². The van der Waals surface area contributed by atoms with Crippen LogP contribution in [0.1, 0.15) is 99.3 Å². The molecule has 2 atom stereocenters. The fraction of sp³-hybridized carbons (Fsp3) is 0.276. The lowest BCUT2D eigenvalue weighted by Gasteiger charge is -2.29. The number of unbranched alkanes of at least 4 members (excludes halogenated alkanes) is 2. The molecule has 64 heavy (non-hydrogen) atoms. The summed E-state index contributed by atoms with van der Waals surface area (Å²) in [6.45, 7) is 10.1. The number of amides is 2. The summed E-state index contributed by atoms with van der Waals surface area (Å²) < 4.78 is 0. The normalized spacial score (nSPS) is 15.1. The predicted molar refractivity (Wildman–Crippen MR) is 272 cm³/mol. The van der Waals surface area contributed by atoms with Crippen LogP contribution in [0.25, 0.3) is 65.3 Å². The van der Waals surface area contributed by atoms with Gasteiger partial charge in [0.15, 0.2) is 0 Å². The van der Waals surface area contributed by atoms with Crippen LogP contribution < -0.4 is 0 Å². The Labute approximate surface area is 384 Å². The van der Waals surface area contributed by atoms with Crippen molar-refractivity contribution in [3.8, 4) is 11.8 Å². The van der Waals surface area contributed by atoms with Crippen LogP contribution in [0.5, 0.6) is 0 Å². The molecule has 8 aromatic rings. The van der Waals surface area contributed by atoms with E-state index in [0.29, 0.717) is 36.1 Å². The molecule has 4 heterocycles. The van der Waals surface area contributed by atoms with Crippen LogP contribution in [-0.2, 0) is 9.59 Å². The highest BCUT2D eigenvalue weighted by atomic mass is 32.1. The van der Waals surface area contributed by atoms with Crippen molar-refractivity contribution in [1.82, 2.24) is 9.80 Å². The Morgan fingerprint density at radius 3 is 1.52 bits per heavy atom. The van der Waals surface area contributed by atoms with Crippen molar-refractivity contribution >= 4 is 99.7 Å². The van der Waals surface area contributed by atoms with Gasteiger partial charge in [0, 0.05) is 18.7 Å². The Morgan fingerprint density at radius 1 is 0.516 bits per heavy atom. The van der Waals surface area contributed by atoms with E-state index < -0.39 is 0 Å². The zero-order chi connectivity index (χ0) is 43.9. The second-order valence-electron chi connectivity index (χ2n) is 17.7. The molecular weight excluding hydrogens is 821 g/mol. The second kappa shape index (κ2) is 17.9. The van der Waals surface area contributed by atoms with Gasteiger partial charge in [-0.1, -0.05) is 163 Å². The van der Waals surface area contributed by atoms with Crippen molar-refractivity contribution in [2.45, 2.75) is 79.1 Å². The summed E-state index contributed by atoms with van der Waals surface area (Å²) in [7, 11) is 0. The number of carbonyl (C=O) groups excluding carboxylic acids is 2. The molecule has 6 heteroatoms. The largest absolute Gasteiger partial charge is 0.306 e. The minimum atomic E-state index is -0.0430. The number of carbonyl (C=O) groups is 2. The Kier molecular flexibility index (Phi) is 11.7. The third-order valence-electron chi connectivity index (χ3n) is 13.8. The molecule has 0 spiro atoms. The van der Waals surface area contributed by atoms with Gasteiger partial charge in [-0.2, -0.15) is 0 Å². The first-order chi connectivity index (χ1) is 31.4. The number of hydrogen-bond donors (Lipinski definition) is 0. The summed E-state index contributed by atoms with van der Waals surface area (Å²) in [6.07, 6.45) is 8.56. The summed E-state index contributed by atoms with van der Waals surface area (Å²) in [5.74, 6) is 7.67. The Balaban J connectivity index is 1.08. The van der Waals surface area contributed by atoms with Gasteiger partial charge in [-0.3, -0.25) is 9.59 Å². The Hall–Kier alpha value is -6.00. The molecule has 2 unspecified atom stereocenters. The Bertz CT molecular complexity index is 3250. The third kappa shape index (κ3) is 7.24. The smallest absolute Gasteiger partial charge is 0.261 e. The molecule has 10 rings (SSSR count). The van der Waals surface area contributed by atoms with E-state index in [2.05, 4.69) is 149 Å². The maximum atomic E-state index is 15.0. The van der Waals surface area contributed by atoms with E-state index in [-0.39, 0.29) is 11.8 Å². The first-order valence-electron chi connectivity index (χ1n) is 23.4. The van der Waals surface area contributed by atoms with Gasteiger partial charge in [-0.25, -0.2) is 0 Å². The third-order valence-corrected chi connectivity index (χ3v) is 15.7. The molecule has 2 aliphatic heterocycles. The van der Waals surface area contributed by atoms with Crippen molar-refractivity contribution in [3.63, 3.8) is 0 Å². The van der Waals surface area contributed by atoms with E-state index in [1.165, 1.54) is 53.9 Å². The number of fused-ring (bicyclic) bond motifs is 12. The van der Waals surface area contributed by atoms with Gasteiger partial charge in [0.2, 0.25) is 0 Å². The zero-order valence-electron chi connectivity index (χ0n) is 37.3. The van der Waals surface area contributed by atoms with Crippen LogP contribution in [0, 0.1) is 23.7 Å². The standard InChI is InChI=1S/C58H54N2O2S2/c1-5-9-18-37(7-3)35-59-55(49-26-17-33-63-49)53-54(58(59)62)56(60(57(53)61)36-38(8-4)19-10-6-2)50-32-30-40(64-50)29-27-39-28-31-47-48(34-39)43-22-13-16-25-46(43)51-44-23-14-11-20-41(44)42-21-12-15-24-45(42)52(47)51/h11-17,20-26,28,30-34,37-38H,5-10,18-19,35-36H2,1-4H3. The van der Waals surface area contributed by atoms with Crippen LogP contribution >= 0.6 is 22.7 Å². The van der Waals surface area contributed by atoms with Gasteiger partial charge >= 0.3 is 0 Å². The average molecular weight is 875 g/mol. The SMILES string of the molecule is CCCCC(CC)CN1C(=O)C2=C(c3ccc(C#Cc4ccc5c(c4)c4ccccc4c4c6ccccc6c6ccccc6c54)s3)N(CC(CC)CCCC)C(=O)C2=C1c1cccs1. The number of rotatable bonds is 14. The fourth-order valence-electron chi connectivity index (χ4n) is 10.4. The van der Waals surface area contributed by atoms with E-state index in [0.717, 1.165) is 83.0 Å². The van der Waals surface area contributed by atoms with Crippen molar-refractivity contribution in [3.05, 3.63) is 152 Å². The van der Waals surface area contributed by atoms with E-state index in [4.69, 9.17) is 0 Å². The first-order valence-corrected chi connectivity index (χ1v) is 25.1. The summed E-state index contributed by atoms with van der Waals surface area (Å²) in [6, 6.07) is 41.3. The molecule has 0 bridgehead atoms. The first kappa shape index (κ1) is 42.0. The molecule has 6 aromatic carbocycles.